The SMILES string of the molecule is Fc1cc(Br)cc(OCC2CO2)c1F. The Bertz CT molecular complexity index is 353. The van der Waals surface area contributed by atoms with Gasteiger partial charge in [0, 0.05) is 4.47 Å². The summed E-state index contributed by atoms with van der Waals surface area (Å²) in [5.41, 5.74) is 0. The van der Waals surface area contributed by atoms with Crippen LogP contribution in [0.15, 0.2) is 16.6 Å². The number of rotatable bonds is 3. The minimum absolute atomic E-state index is 0.0245. The highest BCUT2D eigenvalue weighted by molar-refractivity contribution is 9.10. The van der Waals surface area contributed by atoms with Crippen molar-refractivity contribution >= 4 is 15.9 Å². The molecule has 1 saturated heterocycles. The molecule has 0 aromatic heterocycles. The maximum atomic E-state index is 13.1. The van der Waals surface area contributed by atoms with Crippen LogP contribution in [0.25, 0.3) is 0 Å². The van der Waals surface area contributed by atoms with E-state index >= 15 is 0 Å². The van der Waals surface area contributed by atoms with Gasteiger partial charge in [-0.1, -0.05) is 15.9 Å². The van der Waals surface area contributed by atoms with Crippen molar-refractivity contribution in [1.82, 2.24) is 0 Å². The standard InChI is InChI=1S/C9H7BrF2O2/c10-5-1-7(11)9(12)8(2-5)14-4-6-3-13-6/h1-2,6H,3-4H2. The van der Waals surface area contributed by atoms with E-state index in [4.69, 9.17) is 9.47 Å². The predicted molar refractivity (Wildman–Crippen MR) is 49.3 cm³/mol. The van der Waals surface area contributed by atoms with Crippen LogP contribution >= 0.6 is 15.9 Å². The topological polar surface area (TPSA) is 21.8 Å². The van der Waals surface area contributed by atoms with Gasteiger partial charge in [0.05, 0.1) is 6.61 Å². The highest BCUT2D eigenvalue weighted by Crippen LogP contribution is 2.26. The Morgan fingerprint density at radius 1 is 1.50 bits per heavy atom. The molecule has 1 aromatic rings. The first-order valence-corrected chi connectivity index (χ1v) is 4.85. The number of ether oxygens (including phenoxy) is 2. The number of halogens is 3. The number of hydrogen-bond acceptors (Lipinski definition) is 2. The molecule has 0 saturated carbocycles. The third-order valence-corrected chi connectivity index (χ3v) is 2.24. The molecule has 0 amide bonds. The fourth-order valence-corrected chi connectivity index (χ4v) is 1.39. The van der Waals surface area contributed by atoms with E-state index in [1.807, 2.05) is 0 Å². The van der Waals surface area contributed by atoms with Gasteiger partial charge in [-0.25, -0.2) is 4.39 Å². The molecule has 1 aliphatic heterocycles. The lowest BCUT2D eigenvalue weighted by Crippen LogP contribution is -2.06. The Hall–Kier alpha value is -0.680. The summed E-state index contributed by atoms with van der Waals surface area (Å²) < 4.78 is 36.3. The minimum atomic E-state index is -0.964. The highest BCUT2D eigenvalue weighted by atomic mass is 79.9. The molecule has 1 unspecified atom stereocenters. The van der Waals surface area contributed by atoms with Crippen LogP contribution in [0.4, 0.5) is 8.78 Å². The van der Waals surface area contributed by atoms with Crippen molar-refractivity contribution in [2.45, 2.75) is 6.10 Å². The zero-order chi connectivity index (χ0) is 10.1. The molecule has 2 nitrogen and oxygen atoms in total. The van der Waals surface area contributed by atoms with E-state index in [1.54, 1.807) is 0 Å². The Balaban J connectivity index is 2.13. The third kappa shape index (κ3) is 2.22. The van der Waals surface area contributed by atoms with Crippen LogP contribution in [0.2, 0.25) is 0 Å². The fourth-order valence-electron chi connectivity index (χ4n) is 0.984. The normalized spacial score (nSPS) is 19.5. The average molecular weight is 265 g/mol. The molecule has 0 N–H and O–H groups in total. The lowest BCUT2D eigenvalue weighted by Gasteiger charge is -2.06. The third-order valence-electron chi connectivity index (χ3n) is 1.79. The molecule has 0 spiro atoms. The molecule has 0 aliphatic carbocycles. The molecule has 2 rings (SSSR count). The van der Waals surface area contributed by atoms with E-state index in [0.717, 1.165) is 6.07 Å². The summed E-state index contributed by atoms with van der Waals surface area (Å²) in [4.78, 5) is 0. The quantitative estimate of drug-likeness (QED) is 0.618. The lowest BCUT2D eigenvalue weighted by molar-refractivity contribution is 0.250. The number of benzene rings is 1. The first-order valence-electron chi connectivity index (χ1n) is 4.06. The molecule has 1 atom stereocenters. The Morgan fingerprint density at radius 3 is 2.86 bits per heavy atom. The van der Waals surface area contributed by atoms with Gasteiger partial charge in [-0.05, 0) is 12.1 Å². The minimum Gasteiger partial charge on any atom is -0.488 e. The van der Waals surface area contributed by atoms with E-state index in [0.29, 0.717) is 11.1 Å². The van der Waals surface area contributed by atoms with Crippen molar-refractivity contribution in [1.29, 1.82) is 0 Å². The smallest absolute Gasteiger partial charge is 0.200 e. The summed E-state index contributed by atoms with van der Waals surface area (Å²) in [5.74, 6) is -1.98. The summed E-state index contributed by atoms with van der Waals surface area (Å²) in [6, 6.07) is 2.44. The maximum absolute atomic E-state index is 13.1. The van der Waals surface area contributed by atoms with Gasteiger partial charge in [0.25, 0.3) is 0 Å². The van der Waals surface area contributed by atoms with Crippen LogP contribution in [0.3, 0.4) is 0 Å². The molecular formula is C9H7BrF2O2. The van der Waals surface area contributed by atoms with Crippen molar-refractivity contribution in [3.8, 4) is 5.75 Å². The Kier molecular flexibility index (Phi) is 2.69. The van der Waals surface area contributed by atoms with Gasteiger partial charge in [-0.3, -0.25) is 0 Å². The van der Waals surface area contributed by atoms with Crippen LogP contribution in [0, 0.1) is 11.6 Å². The molecule has 1 heterocycles. The summed E-state index contributed by atoms with van der Waals surface area (Å²) in [7, 11) is 0. The van der Waals surface area contributed by atoms with Crippen LogP contribution < -0.4 is 4.74 Å². The second-order valence-corrected chi connectivity index (χ2v) is 3.88. The Labute approximate surface area is 87.9 Å². The summed E-state index contributed by atoms with van der Waals surface area (Å²) in [5, 5.41) is 0. The van der Waals surface area contributed by atoms with Crippen molar-refractivity contribution < 1.29 is 18.3 Å². The summed E-state index contributed by atoms with van der Waals surface area (Å²) in [6.45, 7) is 0.880. The molecule has 14 heavy (non-hydrogen) atoms. The van der Waals surface area contributed by atoms with Gasteiger partial charge in [0.2, 0.25) is 5.82 Å². The van der Waals surface area contributed by atoms with Gasteiger partial charge >= 0.3 is 0 Å². The van der Waals surface area contributed by atoms with Gasteiger partial charge in [0.15, 0.2) is 11.6 Å². The van der Waals surface area contributed by atoms with E-state index < -0.39 is 11.6 Å². The van der Waals surface area contributed by atoms with E-state index in [2.05, 4.69) is 15.9 Å². The second kappa shape index (κ2) is 3.82. The summed E-state index contributed by atoms with van der Waals surface area (Å²) >= 11 is 3.05. The van der Waals surface area contributed by atoms with Crippen molar-refractivity contribution in [3.63, 3.8) is 0 Å². The Morgan fingerprint density at radius 2 is 2.21 bits per heavy atom. The largest absolute Gasteiger partial charge is 0.488 e. The maximum Gasteiger partial charge on any atom is 0.200 e. The van der Waals surface area contributed by atoms with Gasteiger partial charge < -0.3 is 9.47 Å². The van der Waals surface area contributed by atoms with Crippen molar-refractivity contribution in [2.75, 3.05) is 13.2 Å². The average Bonchev–Trinajstić information content (AvgIpc) is 2.92. The first-order chi connectivity index (χ1) is 6.66. The zero-order valence-electron chi connectivity index (χ0n) is 7.10. The zero-order valence-corrected chi connectivity index (χ0v) is 8.68. The van der Waals surface area contributed by atoms with Crippen molar-refractivity contribution in [3.05, 3.63) is 28.2 Å². The van der Waals surface area contributed by atoms with Gasteiger partial charge in [-0.15, -0.1) is 0 Å². The fraction of sp³-hybridized carbons (Fsp3) is 0.333. The molecule has 0 bridgehead atoms. The van der Waals surface area contributed by atoms with E-state index in [1.165, 1.54) is 6.07 Å². The lowest BCUT2D eigenvalue weighted by atomic mass is 10.3. The van der Waals surface area contributed by atoms with E-state index in [9.17, 15) is 8.78 Å². The highest BCUT2D eigenvalue weighted by Gasteiger charge is 2.24. The molecule has 5 heteroatoms. The van der Waals surface area contributed by atoms with E-state index in [-0.39, 0.29) is 18.5 Å². The number of epoxide rings is 1. The van der Waals surface area contributed by atoms with Crippen molar-refractivity contribution in [2.24, 2.45) is 0 Å². The first kappa shape index (κ1) is 9.86. The van der Waals surface area contributed by atoms with Crippen LogP contribution in [-0.4, -0.2) is 19.3 Å². The van der Waals surface area contributed by atoms with Gasteiger partial charge in [-0.2, -0.15) is 4.39 Å². The molecule has 0 radical (unpaired) electrons. The van der Waals surface area contributed by atoms with Gasteiger partial charge in [0.1, 0.15) is 12.7 Å². The molecule has 76 valence electrons. The number of hydrogen-bond donors (Lipinski definition) is 0. The van der Waals surface area contributed by atoms with Crippen LogP contribution in [-0.2, 0) is 4.74 Å². The van der Waals surface area contributed by atoms with Crippen LogP contribution in [0.1, 0.15) is 0 Å². The van der Waals surface area contributed by atoms with Crippen LogP contribution in [0.5, 0.6) is 5.75 Å². The predicted octanol–water partition coefficient (Wildman–Crippen LogP) is 2.50. The monoisotopic (exact) mass is 264 g/mol. The molecule has 1 aromatic carbocycles. The molecule has 1 fully saturated rings. The second-order valence-electron chi connectivity index (χ2n) is 2.97. The molecule has 1 aliphatic rings. The molecular weight excluding hydrogens is 258 g/mol. The summed E-state index contributed by atoms with van der Waals surface area (Å²) in [6.07, 6.45) is 0.0245.